The van der Waals surface area contributed by atoms with Crippen molar-refractivity contribution >= 4 is 34.3 Å². The average molecular weight is 453 g/mol. The highest BCUT2D eigenvalue weighted by atomic mass is 35.5. The van der Waals surface area contributed by atoms with Crippen molar-refractivity contribution in [1.82, 2.24) is 14.7 Å². The van der Waals surface area contributed by atoms with Gasteiger partial charge in [0.2, 0.25) is 5.91 Å². The molecule has 2 aromatic carbocycles. The van der Waals surface area contributed by atoms with Gasteiger partial charge in [0.15, 0.2) is 0 Å². The van der Waals surface area contributed by atoms with E-state index in [1.807, 2.05) is 26.0 Å². The van der Waals surface area contributed by atoms with E-state index < -0.39 is 11.6 Å². The lowest BCUT2D eigenvalue weighted by Gasteiger charge is -2.18. The quantitative estimate of drug-likeness (QED) is 0.458. The number of hydrogen-bond donors (Lipinski definition) is 1. The minimum atomic E-state index is -0.794. The number of amides is 1. The van der Waals surface area contributed by atoms with Crippen LogP contribution in [0.15, 0.2) is 58.1 Å². The molecular weight excluding hydrogens is 432 g/mol. The van der Waals surface area contributed by atoms with Crippen molar-refractivity contribution < 1.29 is 14.1 Å². The number of aromatic nitrogens is 3. The molecule has 1 N–H and O–H groups in total. The third kappa shape index (κ3) is 3.97. The van der Waals surface area contributed by atoms with E-state index in [9.17, 15) is 9.59 Å². The Balaban J connectivity index is 1.74. The van der Waals surface area contributed by atoms with E-state index in [-0.39, 0.29) is 17.0 Å². The molecule has 0 saturated carbocycles. The summed E-state index contributed by atoms with van der Waals surface area (Å²) < 4.78 is 11.9. The van der Waals surface area contributed by atoms with Gasteiger partial charge in [-0.2, -0.15) is 0 Å². The summed E-state index contributed by atoms with van der Waals surface area (Å²) in [5.41, 5.74) is 2.19. The van der Waals surface area contributed by atoms with Gasteiger partial charge in [0.1, 0.15) is 29.2 Å². The minimum Gasteiger partial charge on any atom is -0.495 e. The van der Waals surface area contributed by atoms with Gasteiger partial charge in [0.25, 0.3) is 11.3 Å². The smallest absolute Gasteiger partial charge is 0.267 e. The number of carbonyl (C=O) groups is 1. The van der Waals surface area contributed by atoms with Crippen LogP contribution in [0.5, 0.6) is 5.75 Å². The van der Waals surface area contributed by atoms with Crippen LogP contribution in [0.2, 0.25) is 5.02 Å². The second-order valence-electron chi connectivity index (χ2n) is 7.29. The zero-order chi connectivity index (χ0) is 22.8. The summed E-state index contributed by atoms with van der Waals surface area (Å²) in [7, 11) is 1.53. The van der Waals surface area contributed by atoms with Crippen molar-refractivity contribution in [3.8, 4) is 17.0 Å². The second kappa shape index (κ2) is 8.84. The number of nitrogens with zero attached hydrogens (tertiary/aromatic N) is 3. The Morgan fingerprint density at radius 3 is 2.69 bits per heavy atom. The molecule has 4 rings (SSSR count). The van der Waals surface area contributed by atoms with Gasteiger partial charge in [-0.1, -0.05) is 41.9 Å². The lowest BCUT2D eigenvalue weighted by atomic mass is 10.1. The van der Waals surface area contributed by atoms with Crippen LogP contribution in [0.1, 0.15) is 24.9 Å². The lowest BCUT2D eigenvalue weighted by molar-refractivity contribution is -0.119. The van der Waals surface area contributed by atoms with Crippen LogP contribution in [0.3, 0.4) is 0 Å². The van der Waals surface area contributed by atoms with Crippen LogP contribution >= 0.6 is 11.6 Å². The fraction of sp³-hybridized carbons (Fsp3) is 0.217. The van der Waals surface area contributed by atoms with Crippen molar-refractivity contribution in [3.05, 3.63) is 69.7 Å². The van der Waals surface area contributed by atoms with Gasteiger partial charge in [-0.15, -0.1) is 0 Å². The third-order valence-electron chi connectivity index (χ3n) is 5.18. The SMILES string of the molecule is CC[C@H](C(=O)Nc1cc(C)ccc1OC)n1cnc2onc(-c3ccc(Cl)cc3)c2c1=O. The van der Waals surface area contributed by atoms with Crippen molar-refractivity contribution in [1.29, 1.82) is 0 Å². The number of aryl methyl sites for hydroxylation is 1. The van der Waals surface area contributed by atoms with E-state index in [2.05, 4.69) is 15.5 Å². The molecule has 0 fully saturated rings. The van der Waals surface area contributed by atoms with Gasteiger partial charge in [0.05, 0.1) is 12.8 Å². The number of rotatable bonds is 6. The number of nitrogens with one attached hydrogen (secondary N) is 1. The lowest BCUT2D eigenvalue weighted by Crippen LogP contribution is -2.33. The molecule has 0 unspecified atom stereocenters. The van der Waals surface area contributed by atoms with Crippen LogP contribution in [-0.2, 0) is 4.79 Å². The molecule has 0 bridgehead atoms. The first-order chi connectivity index (χ1) is 15.4. The van der Waals surface area contributed by atoms with Crippen LogP contribution in [0, 0.1) is 6.92 Å². The molecule has 0 aliphatic heterocycles. The van der Waals surface area contributed by atoms with Gasteiger partial charge in [-0.05, 0) is 43.2 Å². The van der Waals surface area contributed by atoms with E-state index in [0.29, 0.717) is 34.1 Å². The van der Waals surface area contributed by atoms with E-state index in [1.54, 1.807) is 30.3 Å². The molecule has 8 nitrogen and oxygen atoms in total. The first-order valence-electron chi connectivity index (χ1n) is 10.0. The molecule has 9 heteroatoms. The molecular formula is C23H21ClN4O4. The first-order valence-corrected chi connectivity index (χ1v) is 10.4. The number of fused-ring (bicyclic) bond motifs is 1. The molecule has 0 aliphatic rings. The number of anilines is 1. The number of hydrogen-bond acceptors (Lipinski definition) is 6. The topological polar surface area (TPSA) is 99.2 Å². The third-order valence-corrected chi connectivity index (χ3v) is 5.43. The first kappa shape index (κ1) is 21.6. The predicted octanol–water partition coefficient (Wildman–Crippen LogP) is 4.61. The Bertz CT molecular complexity index is 1340. The molecule has 32 heavy (non-hydrogen) atoms. The standard InChI is InChI=1S/C23H21ClN4O4/c1-4-17(21(29)26-16-11-13(2)5-10-18(16)31-3)28-12-25-22-19(23(28)30)20(27-32-22)14-6-8-15(24)9-7-14/h5-12,17H,4H2,1-3H3,(H,26,29)/t17-/m1/s1. The summed E-state index contributed by atoms with van der Waals surface area (Å²) in [6.07, 6.45) is 1.68. The highest BCUT2D eigenvalue weighted by molar-refractivity contribution is 6.30. The molecule has 1 atom stereocenters. The van der Waals surface area contributed by atoms with Gasteiger partial charge < -0.3 is 14.6 Å². The average Bonchev–Trinajstić information content (AvgIpc) is 3.21. The summed E-state index contributed by atoms with van der Waals surface area (Å²) in [6, 6.07) is 11.6. The minimum absolute atomic E-state index is 0.104. The largest absolute Gasteiger partial charge is 0.495 e. The Kier molecular flexibility index (Phi) is 5.96. The number of ether oxygens (including phenoxy) is 1. The maximum Gasteiger partial charge on any atom is 0.267 e. The fourth-order valence-corrected chi connectivity index (χ4v) is 3.66. The maximum atomic E-state index is 13.4. The number of benzene rings is 2. The Labute approximate surface area is 188 Å². The Morgan fingerprint density at radius 2 is 2.00 bits per heavy atom. The van der Waals surface area contributed by atoms with Gasteiger partial charge in [-0.3, -0.25) is 14.2 Å². The molecule has 0 aliphatic carbocycles. The summed E-state index contributed by atoms with van der Waals surface area (Å²) in [5.74, 6) is 0.174. The van der Waals surface area contributed by atoms with Crippen molar-refractivity contribution in [2.45, 2.75) is 26.3 Å². The summed E-state index contributed by atoms with van der Waals surface area (Å²) in [6.45, 7) is 3.74. The van der Waals surface area contributed by atoms with E-state index in [4.69, 9.17) is 20.9 Å². The van der Waals surface area contributed by atoms with Crippen molar-refractivity contribution in [2.24, 2.45) is 0 Å². The van der Waals surface area contributed by atoms with Crippen LogP contribution in [0.4, 0.5) is 5.69 Å². The van der Waals surface area contributed by atoms with Gasteiger partial charge in [-0.25, -0.2) is 4.98 Å². The molecule has 1 amide bonds. The Hall–Kier alpha value is -3.65. The molecule has 2 aromatic heterocycles. The van der Waals surface area contributed by atoms with Gasteiger partial charge in [0, 0.05) is 10.6 Å². The number of halogens is 1. The summed E-state index contributed by atoms with van der Waals surface area (Å²) in [4.78, 5) is 30.7. The predicted molar refractivity (Wildman–Crippen MR) is 122 cm³/mol. The Morgan fingerprint density at radius 1 is 1.25 bits per heavy atom. The highest BCUT2D eigenvalue weighted by Gasteiger charge is 2.25. The molecule has 0 radical (unpaired) electrons. The van der Waals surface area contributed by atoms with Crippen LogP contribution in [-0.4, -0.2) is 27.7 Å². The van der Waals surface area contributed by atoms with Crippen LogP contribution in [0.25, 0.3) is 22.4 Å². The summed E-state index contributed by atoms with van der Waals surface area (Å²) in [5, 5.41) is 7.65. The monoisotopic (exact) mass is 452 g/mol. The zero-order valence-corrected chi connectivity index (χ0v) is 18.5. The zero-order valence-electron chi connectivity index (χ0n) is 17.8. The number of carbonyl (C=O) groups excluding carboxylic acids is 1. The molecule has 2 heterocycles. The molecule has 0 spiro atoms. The normalized spacial score (nSPS) is 12.0. The van der Waals surface area contributed by atoms with Crippen molar-refractivity contribution in [2.75, 3.05) is 12.4 Å². The maximum absolute atomic E-state index is 13.4. The molecule has 0 saturated heterocycles. The molecule has 164 valence electrons. The highest BCUT2D eigenvalue weighted by Crippen LogP contribution is 2.28. The van der Waals surface area contributed by atoms with E-state index in [1.165, 1.54) is 18.0 Å². The summed E-state index contributed by atoms with van der Waals surface area (Å²) >= 11 is 5.97. The van der Waals surface area contributed by atoms with Crippen molar-refractivity contribution in [3.63, 3.8) is 0 Å². The van der Waals surface area contributed by atoms with E-state index in [0.717, 1.165) is 5.56 Å². The molecule has 4 aromatic rings. The van der Waals surface area contributed by atoms with Crippen LogP contribution < -0.4 is 15.6 Å². The van der Waals surface area contributed by atoms with Gasteiger partial charge >= 0.3 is 0 Å². The van der Waals surface area contributed by atoms with E-state index >= 15 is 0 Å². The number of methoxy groups -OCH3 is 1. The second-order valence-corrected chi connectivity index (χ2v) is 7.73. The fourth-order valence-electron chi connectivity index (χ4n) is 3.53.